The normalized spacial score (nSPS) is 22.2. The Morgan fingerprint density at radius 1 is 1.19 bits per heavy atom. The number of carbonyl (C=O) groups excluding carboxylic acids is 1. The van der Waals surface area contributed by atoms with Gasteiger partial charge in [0.1, 0.15) is 5.60 Å². The zero-order chi connectivity index (χ0) is 15.5. The first-order valence-corrected chi connectivity index (χ1v) is 8.15. The van der Waals surface area contributed by atoms with Crippen molar-refractivity contribution in [2.75, 3.05) is 39.3 Å². The molecule has 2 fully saturated rings. The molecular weight excluding hydrogens is 268 g/mol. The van der Waals surface area contributed by atoms with E-state index in [-0.39, 0.29) is 11.5 Å². The molecular formula is C16H30N2O3. The minimum absolute atomic E-state index is 0.195. The van der Waals surface area contributed by atoms with Crippen molar-refractivity contribution in [1.29, 1.82) is 0 Å². The number of hydrogen-bond donors (Lipinski definition) is 1. The number of rotatable bonds is 5. The van der Waals surface area contributed by atoms with Gasteiger partial charge in [-0.05, 0) is 58.4 Å². The Hall–Kier alpha value is -0.810. The topological polar surface area (TPSA) is 53.0 Å². The first kappa shape index (κ1) is 16.6. The van der Waals surface area contributed by atoms with Crippen LogP contribution in [0.25, 0.3) is 0 Å². The second-order valence-corrected chi connectivity index (χ2v) is 7.57. The Kier molecular flexibility index (Phi) is 5.15. The Labute approximate surface area is 128 Å². The van der Waals surface area contributed by atoms with Gasteiger partial charge in [-0.1, -0.05) is 0 Å². The van der Waals surface area contributed by atoms with Crippen molar-refractivity contribution >= 4 is 6.09 Å². The molecule has 1 saturated heterocycles. The molecule has 0 atom stereocenters. The number of ether oxygens (including phenoxy) is 1. The molecule has 1 N–H and O–H groups in total. The fourth-order valence-corrected chi connectivity index (χ4v) is 2.82. The molecule has 1 amide bonds. The van der Waals surface area contributed by atoms with Gasteiger partial charge in [0.05, 0.1) is 0 Å². The van der Waals surface area contributed by atoms with Crippen LogP contribution in [0.3, 0.4) is 0 Å². The molecule has 0 aromatic heterocycles. The SMILES string of the molecule is CC(C)(C)OC(=O)N1CCN(CCCC2(CO)CC2)CC1. The lowest BCUT2D eigenvalue weighted by molar-refractivity contribution is 0.0142. The van der Waals surface area contributed by atoms with E-state index < -0.39 is 5.60 Å². The second-order valence-electron chi connectivity index (χ2n) is 7.57. The third kappa shape index (κ3) is 5.15. The first-order valence-electron chi connectivity index (χ1n) is 8.15. The smallest absolute Gasteiger partial charge is 0.410 e. The largest absolute Gasteiger partial charge is 0.444 e. The standard InChI is InChI=1S/C16H30N2O3/c1-15(2,3)21-14(20)18-11-9-17(10-12-18)8-4-5-16(13-19)6-7-16/h19H,4-13H2,1-3H3. The van der Waals surface area contributed by atoms with E-state index in [0.717, 1.165) is 45.6 Å². The van der Waals surface area contributed by atoms with Crippen LogP contribution in [0.4, 0.5) is 4.79 Å². The number of aliphatic hydroxyl groups is 1. The van der Waals surface area contributed by atoms with E-state index >= 15 is 0 Å². The molecule has 0 bridgehead atoms. The molecule has 1 aliphatic heterocycles. The molecule has 122 valence electrons. The molecule has 1 aliphatic carbocycles. The van der Waals surface area contributed by atoms with Gasteiger partial charge in [-0.2, -0.15) is 0 Å². The quantitative estimate of drug-likeness (QED) is 0.844. The fourth-order valence-electron chi connectivity index (χ4n) is 2.82. The highest BCUT2D eigenvalue weighted by atomic mass is 16.6. The van der Waals surface area contributed by atoms with Crippen LogP contribution in [0.1, 0.15) is 46.5 Å². The summed E-state index contributed by atoms with van der Waals surface area (Å²) in [6, 6.07) is 0. The van der Waals surface area contributed by atoms with Crippen molar-refractivity contribution in [2.45, 2.75) is 52.1 Å². The zero-order valence-corrected chi connectivity index (χ0v) is 13.7. The number of carbonyl (C=O) groups is 1. The Balaban J connectivity index is 1.63. The summed E-state index contributed by atoms with van der Waals surface area (Å²) >= 11 is 0. The van der Waals surface area contributed by atoms with E-state index in [0.29, 0.717) is 6.61 Å². The lowest BCUT2D eigenvalue weighted by Crippen LogP contribution is -2.50. The Morgan fingerprint density at radius 2 is 1.81 bits per heavy atom. The average molecular weight is 298 g/mol. The highest BCUT2D eigenvalue weighted by molar-refractivity contribution is 5.68. The average Bonchev–Trinajstić information content (AvgIpc) is 3.18. The zero-order valence-electron chi connectivity index (χ0n) is 13.7. The minimum atomic E-state index is -0.420. The summed E-state index contributed by atoms with van der Waals surface area (Å²) < 4.78 is 5.40. The molecule has 1 heterocycles. The van der Waals surface area contributed by atoms with Gasteiger partial charge < -0.3 is 14.7 Å². The lowest BCUT2D eigenvalue weighted by Gasteiger charge is -2.35. The lowest BCUT2D eigenvalue weighted by atomic mass is 10.0. The van der Waals surface area contributed by atoms with E-state index in [4.69, 9.17) is 4.74 Å². The van der Waals surface area contributed by atoms with E-state index in [1.165, 1.54) is 12.8 Å². The van der Waals surface area contributed by atoms with Crippen LogP contribution in [0.5, 0.6) is 0 Å². The van der Waals surface area contributed by atoms with Crippen molar-refractivity contribution < 1.29 is 14.6 Å². The molecule has 2 rings (SSSR count). The second kappa shape index (κ2) is 6.53. The van der Waals surface area contributed by atoms with Crippen LogP contribution in [-0.2, 0) is 4.74 Å². The van der Waals surface area contributed by atoms with Crippen LogP contribution in [-0.4, -0.2) is 65.9 Å². The molecule has 2 aliphatic rings. The van der Waals surface area contributed by atoms with Gasteiger partial charge >= 0.3 is 6.09 Å². The van der Waals surface area contributed by atoms with Crippen molar-refractivity contribution in [3.05, 3.63) is 0 Å². The van der Waals surface area contributed by atoms with Gasteiger partial charge in [-0.15, -0.1) is 0 Å². The third-order valence-electron chi connectivity index (χ3n) is 4.50. The summed E-state index contributed by atoms with van der Waals surface area (Å²) in [5.41, 5.74) is -0.157. The van der Waals surface area contributed by atoms with Crippen LogP contribution in [0.2, 0.25) is 0 Å². The number of piperazine rings is 1. The van der Waals surface area contributed by atoms with E-state index in [1.54, 1.807) is 4.90 Å². The summed E-state index contributed by atoms with van der Waals surface area (Å²) in [6.07, 6.45) is 4.47. The molecule has 0 aromatic rings. The van der Waals surface area contributed by atoms with E-state index in [1.807, 2.05) is 20.8 Å². The van der Waals surface area contributed by atoms with Gasteiger partial charge in [0.25, 0.3) is 0 Å². The molecule has 1 saturated carbocycles. The van der Waals surface area contributed by atoms with Gasteiger partial charge in [-0.25, -0.2) is 4.79 Å². The van der Waals surface area contributed by atoms with Crippen molar-refractivity contribution in [2.24, 2.45) is 5.41 Å². The molecule has 0 unspecified atom stereocenters. The highest BCUT2D eigenvalue weighted by Gasteiger charge is 2.41. The van der Waals surface area contributed by atoms with E-state index in [9.17, 15) is 9.90 Å². The molecule has 5 heteroatoms. The maximum absolute atomic E-state index is 12.0. The van der Waals surface area contributed by atoms with E-state index in [2.05, 4.69) is 4.90 Å². The molecule has 21 heavy (non-hydrogen) atoms. The Bertz CT molecular complexity index is 353. The number of aliphatic hydroxyl groups excluding tert-OH is 1. The monoisotopic (exact) mass is 298 g/mol. The number of nitrogens with zero attached hydrogens (tertiary/aromatic N) is 2. The third-order valence-corrected chi connectivity index (χ3v) is 4.50. The summed E-state index contributed by atoms with van der Waals surface area (Å²) in [7, 11) is 0. The van der Waals surface area contributed by atoms with Gasteiger partial charge in [0.15, 0.2) is 0 Å². The predicted molar refractivity (Wildman–Crippen MR) is 82.2 cm³/mol. The summed E-state index contributed by atoms with van der Waals surface area (Å²) in [5.74, 6) is 0. The summed E-state index contributed by atoms with van der Waals surface area (Å²) in [4.78, 5) is 16.2. The highest BCUT2D eigenvalue weighted by Crippen LogP contribution is 2.48. The van der Waals surface area contributed by atoms with Gasteiger partial charge in [-0.3, -0.25) is 4.90 Å². The van der Waals surface area contributed by atoms with Gasteiger partial charge in [0.2, 0.25) is 0 Å². The summed E-state index contributed by atoms with van der Waals surface area (Å²) in [6.45, 7) is 10.5. The minimum Gasteiger partial charge on any atom is -0.444 e. The van der Waals surface area contributed by atoms with Crippen LogP contribution < -0.4 is 0 Å². The fraction of sp³-hybridized carbons (Fsp3) is 0.938. The maximum Gasteiger partial charge on any atom is 0.410 e. The van der Waals surface area contributed by atoms with Crippen molar-refractivity contribution in [3.8, 4) is 0 Å². The maximum atomic E-state index is 12.0. The van der Waals surface area contributed by atoms with Crippen LogP contribution in [0, 0.1) is 5.41 Å². The molecule has 5 nitrogen and oxygen atoms in total. The summed E-state index contributed by atoms with van der Waals surface area (Å²) in [5, 5.41) is 9.31. The first-order chi connectivity index (χ1) is 9.84. The molecule has 0 aromatic carbocycles. The van der Waals surface area contributed by atoms with Crippen LogP contribution >= 0.6 is 0 Å². The molecule has 0 spiro atoms. The van der Waals surface area contributed by atoms with Crippen molar-refractivity contribution in [3.63, 3.8) is 0 Å². The van der Waals surface area contributed by atoms with Crippen LogP contribution in [0.15, 0.2) is 0 Å². The van der Waals surface area contributed by atoms with Gasteiger partial charge in [0, 0.05) is 32.8 Å². The predicted octanol–water partition coefficient (Wildman–Crippen LogP) is 2.09. The number of amides is 1. The Morgan fingerprint density at radius 3 is 2.29 bits per heavy atom. The number of hydrogen-bond acceptors (Lipinski definition) is 4. The van der Waals surface area contributed by atoms with Crippen molar-refractivity contribution in [1.82, 2.24) is 9.80 Å². The molecule has 0 radical (unpaired) electrons.